The minimum absolute atomic E-state index is 0.125. The van der Waals surface area contributed by atoms with Crippen molar-refractivity contribution >= 4 is 27.4 Å². The number of carbonyl (C=O) groups is 2. The molecule has 2 aromatic carbocycles. The minimum Gasteiger partial charge on any atom is -0.456 e. The molecule has 138 valence electrons. The monoisotopic (exact) mass is 379 g/mol. The van der Waals surface area contributed by atoms with E-state index in [1.165, 1.54) is 30.3 Å². The second-order valence-corrected chi connectivity index (χ2v) is 7.71. The van der Waals surface area contributed by atoms with Crippen LogP contribution in [0.1, 0.15) is 12.0 Å². The molecule has 0 spiro atoms. The topological polar surface area (TPSA) is 89.5 Å². The molecule has 0 aliphatic rings. The highest BCUT2D eigenvalue weighted by Gasteiger charge is 2.17. The van der Waals surface area contributed by atoms with Crippen LogP contribution in [0.3, 0.4) is 0 Å². The Hall–Kier alpha value is -2.74. The summed E-state index contributed by atoms with van der Waals surface area (Å²) < 4.78 is 42.0. The fourth-order valence-electron chi connectivity index (χ4n) is 2.06. The van der Waals surface area contributed by atoms with Gasteiger partial charge >= 0.3 is 5.97 Å². The molecule has 0 aromatic heterocycles. The molecular weight excluding hydrogens is 361 g/mol. The summed E-state index contributed by atoms with van der Waals surface area (Å²) in [4.78, 5) is 23.4. The molecular formula is C18H18FNO5S. The summed E-state index contributed by atoms with van der Waals surface area (Å²) >= 11 is 0. The number of hydrogen-bond donors (Lipinski definition) is 1. The molecule has 0 aliphatic carbocycles. The number of ether oxygens (including phenoxy) is 1. The Morgan fingerprint density at radius 3 is 2.46 bits per heavy atom. The maximum Gasteiger partial charge on any atom is 0.307 e. The maximum atomic E-state index is 13.0. The highest BCUT2D eigenvalue weighted by Crippen LogP contribution is 2.13. The van der Waals surface area contributed by atoms with Crippen LogP contribution in [0.5, 0.6) is 0 Å². The third-order valence-electron chi connectivity index (χ3n) is 3.43. The van der Waals surface area contributed by atoms with Gasteiger partial charge in [0.1, 0.15) is 5.82 Å². The number of halogens is 1. The summed E-state index contributed by atoms with van der Waals surface area (Å²) in [6.45, 7) is 1.25. The van der Waals surface area contributed by atoms with E-state index in [2.05, 4.69) is 5.32 Å². The van der Waals surface area contributed by atoms with Gasteiger partial charge in [-0.2, -0.15) is 0 Å². The zero-order valence-electron chi connectivity index (χ0n) is 14.1. The number of hydrogen-bond acceptors (Lipinski definition) is 5. The number of sulfone groups is 1. The zero-order chi connectivity index (χ0) is 19.2. The molecule has 0 heterocycles. The van der Waals surface area contributed by atoms with Gasteiger partial charge in [0.15, 0.2) is 16.4 Å². The molecule has 1 N–H and O–H groups in total. The van der Waals surface area contributed by atoms with Crippen molar-refractivity contribution in [2.75, 3.05) is 17.7 Å². The number of benzene rings is 2. The van der Waals surface area contributed by atoms with Crippen molar-refractivity contribution in [3.63, 3.8) is 0 Å². The molecule has 1 amide bonds. The number of esters is 1. The van der Waals surface area contributed by atoms with E-state index < -0.39 is 39.9 Å². The molecule has 0 atom stereocenters. The minimum atomic E-state index is -3.61. The average Bonchev–Trinajstić information content (AvgIpc) is 2.59. The number of amides is 1. The fraction of sp³-hybridized carbons (Fsp3) is 0.222. The Bertz CT molecular complexity index is 894. The SMILES string of the molecule is Cc1ccc(S(=O)(=O)CCC(=O)OCC(=O)Nc2cccc(F)c2)cc1. The van der Waals surface area contributed by atoms with Gasteiger partial charge in [0.25, 0.3) is 5.91 Å². The molecule has 2 rings (SSSR count). The van der Waals surface area contributed by atoms with Gasteiger partial charge in [-0.05, 0) is 37.3 Å². The second-order valence-electron chi connectivity index (χ2n) is 5.60. The smallest absolute Gasteiger partial charge is 0.307 e. The van der Waals surface area contributed by atoms with Crippen LogP contribution in [0, 0.1) is 12.7 Å². The number of nitrogens with one attached hydrogen (secondary N) is 1. The van der Waals surface area contributed by atoms with Crippen LogP contribution in [-0.2, 0) is 24.2 Å². The van der Waals surface area contributed by atoms with Gasteiger partial charge in [0.05, 0.1) is 17.1 Å². The van der Waals surface area contributed by atoms with Gasteiger partial charge in [0, 0.05) is 5.69 Å². The normalized spacial score (nSPS) is 11.0. The fourth-order valence-corrected chi connectivity index (χ4v) is 3.28. The second kappa shape index (κ2) is 8.57. The molecule has 8 heteroatoms. The molecule has 0 radical (unpaired) electrons. The van der Waals surface area contributed by atoms with Crippen LogP contribution < -0.4 is 5.32 Å². The van der Waals surface area contributed by atoms with Crippen molar-refractivity contribution in [2.24, 2.45) is 0 Å². The molecule has 0 aliphatic heterocycles. The molecule has 0 saturated heterocycles. The van der Waals surface area contributed by atoms with E-state index in [9.17, 15) is 22.4 Å². The summed E-state index contributed by atoms with van der Waals surface area (Å²) in [5.41, 5.74) is 1.15. The quantitative estimate of drug-likeness (QED) is 0.747. The highest BCUT2D eigenvalue weighted by molar-refractivity contribution is 7.91. The van der Waals surface area contributed by atoms with E-state index in [0.717, 1.165) is 11.6 Å². The first kappa shape index (κ1) is 19.6. The number of aryl methyl sites for hydroxylation is 1. The Kier molecular flexibility index (Phi) is 6.46. The van der Waals surface area contributed by atoms with Gasteiger partial charge in [-0.25, -0.2) is 12.8 Å². The lowest BCUT2D eigenvalue weighted by atomic mass is 10.2. The van der Waals surface area contributed by atoms with Gasteiger partial charge < -0.3 is 10.1 Å². The number of carbonyl (C=O) groups excluding carboxylic acids is 2. The van der Waals surface area contributed by atoms with Crippen molar-refractivity contribution in [2.45, 2.75) is 18.2 Å². The van der Waals surface area contributed by atoms with E-state index >= 15 is 0 Å². The lowest BCUT2D eigenvalue weighted by molar-refractivity contribution is -0.146. The van der Waals surface area contributed by atoms with Gasteiger partial charge in [-0.1, -0.05) is 23.8 Å². The van der Waals surface area contributed by atoms with Crippen LogP contribution in [0.2, 0.25) is 0 Å². The summed E-state index contributed by atoms with van der Waals surface area (Å²) in [6, 6.07) is 11.5. The zero-order valence-corrected chi connectivity index (χ0v) is 14.9. The van der Waals surface area contributed by atoms with E-state index in [4.69, 9.17) is 4.74 Å². The predicted octanol–water partition coefficient (Wildman–Crippen LogP) is 2.48. The number of rotatable bonds is 7. The summed E-state index contributed by atoms with van der Waals surface area (Å²) in [7, 11) is -3.61. The van der Waals surface area contributed by atoms with Gasteiger partial charge in [0.2, 0.25) is 0 Å². The van der Waals surface area contributed by atoms with Crippen molar-refractivity contribution < 1.29 is 27.1 Å². The molecule has 2 aromatic rings. The Labute approximate surface area is 150 Å². The average molecular weight is 379 g/mol. The van der Waals surface area contributed by atoms with E-state index in [0.29, 0.717) is 0 Å². The van der Waals surface area contributed by atoms with Crippen molar-refractivity contribution in [1.29, 1.82) is 0 Å². The van der Waals surface area contributed by atoms with Crippen molar-refractivity contribution in [3.05, 3.63) is 59.9 Å². The Morgan fingerprint density at radius 2 is 1.81 bits per heavy atom. The third kappa shape index (κ3) is 5.96. The molecule has 6 nitrogen and oxygen atoms in total. The molecule has 0 saturated carbocycles. The molecule has 0 bridgehead atoms. The molecule has 0 unspecified atom stereocenters. The summed E-state index contributed by atoms with van der Waals surface area (Å²) in [5, 5.41) is 2.37. The lowest BCUT2D eigenvalue weighted by Gasteiger charge is -2.07. The van der Waals surface area contributed by atoms with Crippen LogP contribution in [0.15, 0.2) is 53.4 Å². The van der Waals surface area contributed by atoms with Crippen LogP contribution in [-0.4, -0.2) is 32.7 Å². The molecule has 0 fully saturated rings. The standard InChI is InChI=1S/C18H18FNO5S/c1-13-5-7-16(8-6-13)26(23,24)10-9-18(22)25-12-17(21)20-15-4-2-3-14(19)11-15/h2-8,11H,9-10,12H2,1H3,(H,20,21). The largest absolute Gasteiger partial charge is 0.456 e. The maximum absolute atomic E-state index is 13.0. The van der Waals surface area contributed by atoms with Gasteiger partial charge in [-0.3, -0.25) is 9.59 Å². The van der Waals surface area contributed by atoms with Crippen molar-refractivity contribution in [3.8, 4) is 0 Å². The Morgan fingerprint density at radius 1 is 1.12 bits per heavy atom. The van der Waals surface area contributed by atoms with Crippen LogP contribution in [0.25, 0.3) is 0 Å². The summed E-state index contributed by atoms with van der Waals surface area (Å²) in [6.07, 6.45) is -0.372. The first-order valence-electron chi connectivity index (χ1n) is 7.77. The van der Waals surface area contributed by atoms with Gasteiger partial charge in [-0.15, -0.1) is 0 Å². The summed E-state index contributed by atoms with van der Waals surface area (Å²) in [5.74, 6) is -2.39. The highest BCUT2D eigenvalue weighted by atomic mass is 32.2. The first-order valence-corrected chi connectivity index (χ1v) is 9.42. The van der Waals surface area contributed by atoms with Crippen molar-refractivity contribution in [1.82, 2.24) is 0 Å². The van der Waals surface area contributed by atoms with E-state index in [1.807, 2.05) is 6.92 Å². The third-order valence-corrected chi connectivity index (χ3v) is 5.16. The number of anilines is 1. The Balaban J connectivity index is 1.79. The van der Waals surface area contributed by atoms with Crippen LogP contribution in [0.4, 0.5) is 10.1 Å². The van der Waals surface area contributed by atoms with E-state index in [-0.39, 0.29) is 17.0 Å². The lowest BCUT2D eigenvalue weighted by Crippen LogP contribution is -2.22. The predicted molar refractivity (Wildman–Crippen MR) is 93.8 cm³/mol. The van der Waals surface area contributed by atoms with Crippen LogP contribution >= 0.6 is 0 Å². The van der Waals surface area contributed by atoms with E-state index in [1.54, 1.807) is 12.1 Å². The molecule has 26 heavy (non-hydrogen) atoms. The first-order chi connectivity index (χ1) is 12.3.